The average molecular weight is 477 g/mol. The lowest BCUT2D eigenvalue weighted by atomic mass is 10.1. The summed E-state index contributed by atoms with van der Waals surface area (Å²) in [7, 11) is 0. The summed E-state index contributed by atoms with van der Waals surface area (Å²) < 4.78 is 2.04. The smallest absolute Gasteiger partial charge is 0.196 e. The Hall–Kier alpha value is -2.86. The molecular formula is C25H18Cl2N4S. The summed E-state index contributed by atoms with van der Waals surface area (Å²) >= 11 is 14.4. The highest BCUT2D eigenvalue weighted by atomic mass is 35.5. The molecule has 2 heterocycles. The van der Waals surface area contributed by atoms with Crippen LogP contribution >= 0.6 is 35.0 Å². The van der Waals surface area contributed by atoms with E-state index < -0.39 is 0 Å². The van der Waals surface area contributed by atoms with Crippen molar-refractivity contribution >= 4 is 45.9 Å². The van der Waals surface area contributed by atoms with Crippen molar-refractivity contribution in [1.82, 2.24) is 19.7 Å². The summed E-state index contributed by atoms with van der Waals surface area (Å²) in [6.45, 7) is 2.03. The molecule has 32 heavy (non-hydrogen) atoms. The molecule has 0 radical (unpaired) electrons. The topological polar surface area (TPSA) is 43.6 Å². The van der Waals surface area contributed by atoms with E-state index in [9.17, 15) is 0 Å². The summed E-state index contributed by atoms with van der Waals surface area (Å²) in [5, 5.41) is 12.2. The zero-order valence-electron chi connectivity index (χ0n) is 17.2. The maximum Gasteiger partial charge on any atom is 0.196 e. The highest BCUT2D eigenvalue weighted by Gasteiger charge is 2.18. The molecule has 4 nitrogen and oxygen atoms in total. The van der Waals surface area contributed by atoms with Gasteiger partial charge in [0.15, 0.2) is 11.0 Å². The lowest BCUT2D eigenvalue weighted by Crippen LogP contribution is -2.00. The quantitative estimate of drug-likeness (QED) is 0.248. The minimum Gasteiger partial charge on any atom is -0.270 e. The molecule has 0 N–H and O–H groups in total. The molecule has 0 amide bonds. The Morgan fingerprint density at radius 1 is 0.844 bits per heavy atom. The first kappa shape index (κ1) is 21.0. The predicted molar refractivity (Wildman–Crippen MR) is 133 cm³/mol. The minimum atomic E-state index is 0.574. The summed E-state index contributed by atoms with van der Waals surface area (Å²) in [5.41, 5.74) is 4.74. The van der Waals surface area contributed by atoms with Crippen molar-refractivity contribution in [2.75, 3.05) is 0 Å². The van der Waals surface area contributed by atoms with E-state index >= 15 is 0 Å². The maximum atomic E-state index is 6.68. The van der Waals surface area contributed by atoms with E-state index in [1.54, 1.807) is 11.8 Å². The zero-order chi connectivity index (χ0) is 22.1. The number of thioether (sulfide) groups is 1. The van der Waals surface area contributed by atoms with Crippen LogP contribution in [0.15, 0.2) is 84.0 Å². The number of rotatable bonds is 5. The highest BCUT2D eigenvalue weighted by molar-refractivity contribution is 7.98. The van der Waals surface area contributed by atoms with Crippen LogP contribution < -0.4 is 0 Å². The van der Waals surface area contributed by atoms with Crippen LogP contribution in [0.3, 0.4) is 0 Å². The van der Waals surface area contributed by atoms with Crippen LogP contribution in [0.1, 0.15) is 11.3 Å². The van der Waals surface area contributed by atoms with Gasteiger partial charge < -0.3 is 0 Å². The van der Waals surface area contributed by atoms with Crippen molar-refractivity contribution in [2.24, 2.45) is 0 Å². The lowest BCUT2D eigenvalue weighted by Gasteiger charge is -2.12. The number of aryl methyl sites for hydroxylation is 1. The van der Waals surface area contributed by atoms with Gasteiger partial charge in [0.2, 0.25) is 0 Å². The van der Waals surface area contributed by atoms with Gasteiger partial charge in [0.05, 0.1) is 16.2 Å². The van der Waals surface area contributed by atoms with Gasteiger partial charge in [-0.1, -0.05) is 83.5 Å². The van der Waals surface area contributed by atoms with Crippen molar-refractivity contribution in [3.05, 3.63) is 100 Å². The third-order valence-corrected chi connectivity index (χ3v) is 6.93. The fourth-order valence-corrected chi connectivity index (χ4v) is 4.92. The number of hydrogen-bond acceptors (Lipinski definition) is 4. The van der Waals surface area contributed by atoms with Gasteiger partial charge in [0.1, 0.15) is 0 Å². The van der Waals surface area contributed by atoms with Crippen molar-refractivity contribution in [1.29, 1.82) is 0 Å². The number of para-hydroxylation sites is 1. The third kappa shape index (κ3) is 3.99. The number of aromatic nitrogens is 4. The Labute approximate surface area is 200 Å². The Morgan fingerprint density at radius 3 is 2.34 bits per heavy atom. The normalized spacial score (nSPS) is 11.2. The molecule has 3 aromatic carbocycles. The third-order valence-electron chi connectivity index (χ3n) is 5.23. The molecule has 158 valence electrons. The van der Waals surface area contributed by atoms with Crippen molar-refractivity contribution in [3.8, 4) is 17.1 Å². The van der Waals surface area contributed by atoms with Crippen molar-refractivity contribution < 1.29 is 0 Å². The minimum absolute atomic E-state index is 0.574. The van der Waals surface area contributed by atoms with Crippen molar-refractivity contribution in [2.45, 2.75) is 17.8 Å². The molecule has 0 atom stereocenters. The summed E-state index contributed by atoms with van der Waals surface area (Å²) in [6, 6.07) is 25.7. The van der Waals surface area contributed by atoms with Crippen LogP contribution in [0.4, 0.5) is 0 Å². The second-order valence-electron chi connectivity index (χ2n) is 7.29. The van der Waals surface area contributed by atoms with E-state index in [1.807, 2.05) is 90.4 Å². The van der Waals surface area contributed by atoms with E-state index in [2.05, 4.69) is 10.2 Å². The SMILES string of the molecule is Cc1c(Cl)c(CSc2nnc(-c3ccccc3)n2-c2ccc(Cl)cc2)nc2ccccc12. The second-order valence-corrected chi connectivity index (χ2v) is 9.04. The molecule has 5 aromatic rings. The monoisotopic (exact) mass is 476 g/mol. The van der Waals surface area contributed by atoms with E-state index in [4.69, 9.17) is 28.2 Å². The van der Waals surface area contributed by atoms with Crippen LogP contribution in [-0.4, -0.2) is 19.7 Å². The predicted octanol–water partition coefficient (Wildman–Crippen LogP) is 7.39. The number of nitrogens with zero attached hydrogens (tertiary/aromatic N) is 4. The van der Waals surface area contributed by atoms with Gasteiger partial charge in [-0.05, 0) is 42.8 Å². The molecule has 2 aromatic heterocycles. The van der Waals surface area contributed by atoms with Gasteiger partial charge in [0.25, 0.3) is 0 Å². The molecule has 0 aliphatic heterocycles. The summed E-state index contributed by atoms with van der Waals surface area (Å²) in [5.74, 6) is 1.34. The van der Waals surface area contributed by atoms with Crippen LogP contribution in [0.25, 0.3) is 28.0 Å². The average Bonchev–Trinajstić information content (AvgIpc) is 3.25. The van der Waals surface area contributed by atoms with Gasteiger partial charge in [-0.3, -0.25) is 9.55 Å². The van der Waals surface area contributed by atoms with Gasteiger partial charge in [-0.15, -0.1) is 10.2 Å². The van der Waals surface area contributed by atoms with Crippen LogP contribution in [0.5, 0.6) is 0 Å². The fourth-order valence-electron chi connectivity index (χ4n) is 3.61. The number of pyridine rings is 1. The van der Waals surface area contributed by atoms with Crippen LogP contribution in [0.2, 0.25) is 10.0 Å². The number of halogens is 2. The Bertz CT molecular complexity index is 1400. The molecular weight excluding hydrogens is 459 g/mol. The fraction of sp³-hybridized carbons (Fsp3) is 0.0800. The Balaban J connectivity index is 1.55. The molecule has 0 aliphatic rings. The van der Waals surface area contributed by atoms with E-state index in [0.29, 0.717) is 15.8 Å². The molecule has 0 bridgehead atoms. The first-order valence-electron chi connectivity index (χ1n) is 10.0. The molecule has 7 heteroatoms. The second kappa shape index (κ2) is 8.94. The van der Waals surface area contributed by atoms with Crippen LogP contribution in [-0.2, 0) is 5.75 Å². The van der Waals surface area contributed by atoms with E-state index in [-0.39, 0.29) is 0 Å². The standard InChI is InChI=1S/C25H18Cl2N4S/c1-16-20-9-5-6-10-21(20)28-22(23(16)27)15-32-25-30-29-24(17-7-3-2-4-8-17)31(25)19-13-11-18(26)12-14-19/h2-14H,15H2,1H3. The first-order valence-corrected chi connectivity index (χ1v) is 11.8. The molecule has 0 saturated carbocycles. The number of hydrogen-bond donors (Lipinski definition) is 0. The Kier molecular flexibility index (Phi) is 5.87. The summed E-state index contributed by atoms with van der Waals surface area (Å²) in [6.07, 6.45) is 0. The van der Waals surface area contributed by atoms with Gasteiger partial charge in [-0.25, -0.2) is 0 Å². The molecule has 0 fully saturated rings. The maximum absolute atomic E-state index is 6.68. The van der Waals surface area contributed by atoms with Gasteiger partial charge in [-0.2, -0.15) is 0 Å². The molecule has 5 rings (SSSR count). The van der Waals surface area contributed by atoms with Crippen LogP contribution in [0, 0.1) is 6.92 Å². The summed E-state index contributed by atoms with van der Waals surface area (Å²) in [4.78, 5) is 4.80. The number of benzene rings is 3. The highest BCUT2D eigenvalue weighted by Crippen LogP contribution is 2.33. The van der Waals surface area contributed by atoms with E-state index in [0.717, 1.165) is 44.4 Å². The molecule has 0 saturated heterocycles. The molecule has 0 aliphatic carbocycles. The number of fused-ring (bicyclic) bond motifs is 1. The first-order chi connectivity index (χ1) is 15.6. The lowest BCUT2D eigenvalue weighted by molar-refractivity contribution is 0.885. The van der Waals surface area contributed by atoms with Gasteiger partial charge >= 0.3 is 0 Å². The zero-order valence-corrected chi connectivity index (χ0v) is 19.5. The van der Waals surface area contributed by atoms with E-state index in [1.165, 1.54) is 0 Å². The molecule has 0 unspecified atom stereocenters. The Morgan fingerprint density at radius 2 is 1.56 bits per heavy atom. The van der Waals surface area contributed by atoms with Gasteiger partial charge in [0, 0.05) is 27.4 Å². The largest absolute Gasteiger partial charge is 0.270 e. The molecule has 0 spiro atoms. The van der Waals surface area contributed by atoms with Crippen molar-refractivity contribution in [3.63, 3.8) is 0 Å².